The fraction of sp³-hybridized carbons (Fsp3) is 0.455. The molecular formula is C11H14ClN3O. The first-order valence-electron chi connectivity index (χ1n) is 5.28. The Morgan fingerprint density at radius 2 is 2.50 bits per heavy atom. The van der Waals surface area contributed by atoms with Crippen LogP contribution in [0.2, 0.25) is 5.15 Å². The van der Waals surface area contributed by atoms with Gasteiger partial charge in [0, 0.05) is 25.8 Å². The second-order valence-electron chi connectivity index (χ2n) is 3.90. The lowest BCUT2D eigenvalue weighted by molar-refractivity contribution is 0.0743. The normalized spacial score (nSPS) is 19.8. The third-order valence-electron chi connectivity index (χ3n) is 2.89. The fourth-order valence-electron chi connectivity index (χ4n) is 1.87. The van der Waals surface area contributed by atoms with E-state index >= 15 is 0 Å². The Morgan fingerprint density at radius 3 is 3.12 bits per heavy atom. The van der Waals surface area contributed by atoms with Crippen LogP contribution in [-0.2, 0) is 0 Å². The van der Waals surface area contributed by atoms with E-state index in [0.29, 0.717) is 5.56 Å². The smallest absolute Gasteiger partial charge is 0.257 e. The van der Waals surface area contributed by atoms with Crippen LogP contribution in [0.4, 0.5) is 0 Å². The van der Waals surface area contributed by atoms with Crippen molar-refractivity contribution in [2.45, 2.75) is 12.5 Å². The first kappa shape index (κ1) is 11.4. The molecule has 1 saturated heterocycles. The van der Waals surface area contributed by atoms with E-state index in [9.17, 15) is 4.79 Å². The van der Waals surface area contributed by atoms with Gasteiger partial charge in [-0.3, -0.25) is 4.79 Å². The molecule has 0 bridgehead atoms. The number of hydrogen-bond donors (Lipinski definition) is 1. The lowest BCUT2D eigenvalue weighted by Gasteiger charge is -2.23. The Morgan fingerprint density at radius 1 is 1.69 bits per heavy atom. The van der Waals surface area contributed by atoms with Gasteiger partial charge >= 0.3 is 0 Å². The molecule has 1 unspecified atom stereocenters. The van der Waals surface area contributed by atoms with Crippen molar-refractivity contribution in [2.75, 3.05) is 20.1 Å². The molecule has 1 aliphatic rings. The van der Waals surface area contributed by atoms with E-state index in [1.807, 2.05) is 7.05 Å². The average Bonchev–Trinajstić information content (AvgIpc) is 2.81. The standard InChI is InChI=1S/C11H14ClN3O/c1-15(8-4-6-13-7-8)11(16)9-3-2-5-14-10(9)12/h2-3,5,8,13H,4,6-7H2,1H3. The van der Waals surface area contributed by atoms with Crippen molar-refractivity contribution in [1.82, 2.24) is 15.2 Å². The minimum absolute atomic E-state index is 0.0631. The number of nitrogens with one attached hydrogen (secondary N) is 1. The number of aromatic nitrogens is 1. The molecule has 0 aromatic carbocycles. The van der Waals surface area contributed by atoms with Gasteiger partial charge < -0.3 is 10.2 Å². The molecule has 5 heteroatoms. The highest BCUT2D eigenvalue weighted by Gasteiger charge is 2.25. The molecule has 1 amide bonds. The number of nitrogens with zero attached hydrogens (tertiary/aromatic N) is 2. The van der Waals surface area contributed by atoms with Crippen LogP contribution in [0, 0.1) is 0 Å². The van der Waals surface area contributed by atoms with E-state index in [1.165, 1.54) is 0 Å². The summed E-state index contributed by atoms with van der Waals surface area (Å²) in [5, 5.41) is 3.50. The van der Waals surface area contributed by atoms with Gasteiger partial charge in [-0.15, -0.1) is 0 Å². The Kier molecular flexibility index (Phi) is 3.41. The van der Waals surface area contributed by atoms with Gasteiger partial charge in [0.15, 0.2) is 0 Å². The zero-order chi connectivity index (χ0) is 11.5. The van der Waals surface area contributed by atoms with Crippen molar-refractivity contribution in [3.8, 4) is 0 Å². The number of carbonyl (C=O) groups excluding carboxylic acids is 1. The summed E-state index contributed by atoms with van der Waals surface area (Å²) in [5.74, 6) is -0.0631. The molecule has 0 aliphatic carbocycles. The Labute approximate surface area is 99.6 Å². The number of likely N-dealkylation sites (N-methyl/N-ethyl adjacent to an activating group) is 1. The minimum atomic E-state index is -0.0631. The monoisotopic (exact) mass is 239 g/mol. The second-order valence-corrected chi connectivity index (χ2v) is 4.26. The highest BCUT2D eigenvalue weighted by Crippen LogP contribution is 2.16. The Hall–Kier alpha value is -1.13. The molecule has 1 aromatic heterocycles. The van der Waals surface area contributed by atoms with E-state index in [2.05, 4.69) is 10.3 Å². The van der Waals surface area contributed by atoms with Crippen LogP contribution in [0.1, 0.15) is 16.8 Å². The lowest BCUT2D eigenvalue weighted by atomic mass is 10.2. The van der Waals surface area contributed by atoms with Gasteiger partial charge in [-0.2, -0.15) is 0 Å². The minimum Gasteiger partial charge on any atom is -0.337 e. The molecule has 4 nitrogen and oxygen atoms in total. The van der Waals surface area contributed by atoms with Gasteiger partial charge in [0.2, 0.25) is 0 Å². The summed E-state index contributed by atoms with van der Waals surface area (Å²) in [6, 6.07) is 3.68. The van der Waals surface area contributed by atoms with Crippen LogP contribution in [0.3, 0.4) is 0 Å². The largest absolute Gasteiger partial charge is 0.337 e. The first-order chi connectivity index (χ1) is 7.70. The topological polar surface area (TPSA) is 45.2 Å². The predicted molar refractivity (Wildman–Crippen MR) is 62.6 cm³/mol. The summed E-state index contributed by atoms with van der Waals surface area (Å²) in [6.45, 7) is 1.81. The molecular weight excluding hydrogens is 226 g/mol. The van der Waals surface area contributed by atoms with E-state index in [4.69, 9.17) is 11.6 Å². The SMILES string of the molecule is CN(C(=O)c1cccnc1Cl)C1CCNC1. The number of hydrogen-bond acceptors (Lipinski definition) is 3. The third kappa shape index (κ3) is 2.18. The van der Waals surface area contributed by atoms with Crippen molar-refractivity contribution in [1.29, 1.82) is 0 Å². The maximum absolute atomic E-state index is 12.1. The van der Waals surface area contributed by atoms with Gasteiger partial charge in [0.05, 0.1) is 5.56 Å². The van der Waals surface area contributed by atoms with E-state index in [-0.39, 0.29) is 17.1 Å². The number of amides is 1. The van der Waals surface area contributed by atoms with Gasteiger partial charge in [-0.05, 0) is 25.1 Å². The summed E-state index contributed by atoms with van der Waals surface area (Å²) in [7, 11) is 1.81. The summed E-state index contributed by atoms with van der Waals surface area (Å²) in [4.78, 5) is 17.8. The lowest BCUT2D eigenvalue weighted by Crippen LogP contribution is -2.38. The van der Waals surface area contributed by atoms with Crippen LogP contribution in [0.5, 0.6) is 0 Å². The molecule has 0 spiro atoms. The molecule has 86 valence electrons. The van der Waals surface area contributed by atoms with Crippen molar-refractivity contribution in [3.05, 3.63) is 29.0 Å². The molecule has 0 saturated carbocycles. The summed E-state index contributed by atoms with van der Waals surface area (Å²) < 4.78 is 0. The predicted octanol–water partition coefficient (Wildman–Crippen LogP) is 1.17. The Balaban J connectivity index is 2.15. The molecule has 1 N–H and O–H groups in total. The van der Waals surface area contributed by atoms with Crippen molar-refractivity contribution < 1.29 is 4.79 Å². The van der Waals surface area contributed by atoms with E-state index in [1.54, 1.807) is 23.2 Å². The fourth-order valence-corrected chi connectivity index (χ4v) is 2.07. The number of carbonyl (C=O) groups is 1. The quantitative estimate of drug-likeness (QED) is 0.788. The van der Waals surface area contributed by atoms with Crippen molar-refractivity contribution >= 4 is 17.5 Å². The highest BCUT2D eigenvalue weighted by molar-refractivity contribution is 6.32. The maximum Gasteiger partial charge on any atom is 0.257 e. The van der Waals surface area contributed by atoms with Crippen molar-refractivity contribution in [3.63, 3.8) is 0 Å². The molecule has 0 radical (unpaired) electrons. The molecule has 1 aromatic rings. The number of pyridine rings is 1. The van der Waals surface area contributed by atoms with E-state index < -0.39 is 0 Å². The van der Waals surface area contributed by atoms with Crippen LogP contribution in [-0.4, -0.2) is 42.0 Å². The molecule has 1 atom stereocenters. The zero-order valence-corrected chi connectivity index (χ0v) is 9.87. The van der Waals surface area contributed by atoms with Crippen molar-refractivity contribution in [2.24, 2.45) is 0 Å². The summed E-state index contributed by atoms with van der Waals surface area (Å²) in [6.07, 6.45) is 2.57. The number of rotatable bonds is 2. The van der Waals surface area contributed by atoms with Crippen LogP contribution < -0.4 is 5.32 Å². The van der Waals surface area contributed by atoms with Gasteiger partial charge in [-0.1, -0.05) is 11.6 Å². The molecule has 2 rings (SSSR count). The van der Waals surface area contributed by atoms with E-state index in [0.717, 1.165) is 19.5 Å². The highest BCUT2D eigenvalue weighted by atomic mass is 35.5. The molecule has 1 fully saturated rings. The van der Waals surface area contributed by atoms with Crippen LogP contribution >= 0.6 is 11.6 Å². The molecule has 1 aliphatic heterocycles. The average molecular weight is 240 g/mol. The zero-order valence-electron chi connectivity index (χ0n) is 9.11. The van der Waals surface area contributed by atoms with Crippen LogP contribution in [0.25, 0.3) is 0 Å². The molecule has 2 heterocycles. The van der Waals surface area contributed by atoms with Gasteiger partial charge in [0.25, 0.3) is 5.91 Å². The second kappa shape index (κ2) is 4.80. The maximum atomic E-state index is 12.1. The third-order valence-corrected chi connectivity index (χ3v) is 3.19. The summed E-state index contributed by atoms with van der Waals surface area (Å²) in [5.41, 5.74) is 0.471. The van der Waals surface area contributed by atoms with Crippen LogP contribution in [0.15, 0.2) is 18.3 Å². The summed E-state index contributed by atoms with van der Waals surface area (Å²) >= 11 is 5.90. The Bertz CT molecular complexity index is 391. The van der Waals surface area contributed by atoms with Gasteiger partial charge in [0.1, 0.15) is 5.15 Å². The first-order valence-corrected chi connectivity index (χ1v) is 5.66. The van der Waals surface area contributed by atoms with Gasteiger partial charge in [-0.25, -0.2) is 4.98 Å². The molecule has 16 heavy (non-hydrogen) atoms. The number of halogens is 1.